The maximum Gasteiger partial charge on any atom is 0.229 e. The third kappa shape index (κ3) is 1.88. The zero-order chi connectivity index (χ0) is 15.1. The summed E-state index contributed by atoms with van der Waals surface area (Å²) in [5, 5.41) is 1.54. The second-order valence-electron chi connectivity index (χ2n) is 5.00. The highest BCUT2D eigenvalue weighted by molar-refractivity contribution is 7.21. The van der Waals surface area contributed by atoms with Gasteiger partial charge in [-0.05, 0) is 19.1 Å². The van der Waals surface area contributed by atoms with E-state index in [1.807, 2.05) is 55.5 Å². The predicted octanol–water partition coefficient (Wildman–Crippen LogP) is 4.31. The molecule has 1 aliphatic carbocycles. The van der Waals surface area contributed by atoms with Crippen LogP contribution in [-0.4, -0.2) is 11.6 Å². The molecule has 2 aromatic rings. The SMILES string of the molecule is CCOc1c2sc3ccccc3nc-2c2ccccc2c1=O. The monoisotopic (exact) mass is 307 g/mol. The quantitative estimate of drug-likeness (QED) is 0.409. The smallest absolute Gasteiger partial charge is 0.229 e. The zero-order valence-electron chi connectivity index (χ0n) is 12.0. The summed E-state index contributed by atoms with van der Waals surface area (Å²) in [5.74, 6) is 0.416. The van der Waals surface area contributed by atoms with E-state index in [0.717, 1.165) is 26.2 Å². The van der Waals surface area contributed by atoms with Crippen molar-refractivity contribution >= 4 is 32.3 Å². The molecule has 22 heavy (non-hydrogen) atoms. The molecule has 0 amide bonds. The average Bonchev–Trinajstić information content (AvgIpc) is 2.57. The van der Waals surface area contributed by atoms with Gasteiger partial charge >= 0.3 is 0 Å². The lowest BCUT2D eigenvalue weighted by Gasteiger charge is -2.14. The molecule has 0 unspecified atom stereocenters. The van der Waals surface area contributed by atoms with Gasteiger partial charge in [-0.3, -0.25) is 4.79 Å². The fourth-order valence-corrected chi connectivity index (χ4v) is 3.77. The fourth-order valence-electron chi connectivity index (χ4n) is 2.69. The first-order valence-electron chi connectivity index (χ1n) is 7.16. The van der Waals surface area contributed by atoms with E-state index in [1.165, 1.54) is 0 Å². The maximum absolute atomic E-state index is 12.7. The molecule has 2 aliphatic rings. The number of rotatable bonds is 2. The lowest BCUT2D eigenvalue weighted by atomic mass is 10.0. The predicted molar refractivity (Wildman–Crippen MR) is 91.2 cm³/mol. The van der Waals surface area contributed by atoms with Gasteiger partial charge in [0.25, 0.3) is 0 Å². The Bertz CT molecular complexity index is 1020. The Morgan fingerprint density at radius 1 is 1.05 bits per heavy atom. The van der Waals surface area contributed by atoms with Crippen molar-refractivity contribution < 1.29 is 4.74 Å². The number of para-hydroxylation sites is 1. The standard InChI is InChI=1S/C18H13NO2S/c1-2-21-17-16(20)12-8-4-3-7-11(12)15-18(17)22-14-10-6-5-9-13(14)19-15/h3-10H,2H2,1H3. The molecule has 3 nitrogen and oxygen atoms in total. The Kier molecular flexibility index (Phi) is 3.05. The van der Waals surface area contributed by atoms with Crippen LogP contribution in [0.15, 0.2) is 53.3 Å². The van der Waals surface area contributed by atoms with E-state index in [-0.39, 0.29) is 5.43 Å². The lowest BCUT2D eigenvalue weighted by molar-refractivity contribution is 0.340. The van der Waals surface area contributed by atoms with Crippen LogP contribution >= 0.6 is 11.3 Å². The first-order valence-corrected chi connectivity index (χ1v) is 7.98. The summed E-state index contributed by atoms with van der Waals surface area (Å²) >= 11 is 1.56. The van der Waals surface area contributed by atoms with Gasteiger partial charge in [-0.2, -0.15) is 0 Å². The molecule has 1 aliphatic heterocycles. The van der Waals surface area contributed by atoms with Gasteiger partial charge < -0.3 is 4.74 Å². The van der Waals surface area contributed by atoms with Gasteiger partial charge in [0.2, 0.25) is 5.43 Å². The van der Waals surface area contributed by atoms with Crippen molar-refractivity contribution in [1.82, 2.24) is 4.98 Å². The third-order valence-corrected chi connectivity index (χ3v) is 4.80. The van der Waals surface area contributed by atoms with Gasteiger partial charge in [0.1, 0.15) is 4.88 Å². The summed E-state index contributed by atoms with van der Waals surface area (Å²) in [6.07, 6.45) is 0. The summed E-state index contributed by atoms with van der Waals surface area (Å²) < 4.78 is 6.71. The molecule has 4 rings (SSSR count). The molecule has 0 N–H and O–H groups in total. The Hall–Kier alpha value is -2.46. The fraction of sp³-hybridized carbons (Fsp3) is 0.111. The van der Waals surface area contributed by atoms with Crippen molar-refractivity contribution in [2.75, 3.05) is 6.61 Å². The van der Waals surface area contributed by atoms with Crippen molar-refractivity contribution in [2.24, 2.45) is 0 Å². The summed E-state index contributed by atoms with van der Waals surface area (Å²) in [4.78, 5) is 18.3. The molecular formula is C18H13NO2S. The molecule has 1 heterocycles. The van der Waals surface area contributed by atoms with Crippen molar-refractivity contribution in [3.05, 3.63) is 58.8 Å². The van der Waals surface area contributed by atoms with Crippen LogP contribution in [0.1, 0.15) is 6.92 Å². The van der Waals surface area contributed by atoms with E-state index in [1.54, 1.807) is 11.3 Å². The van der Waals surface area contributed by atoms with E-state index in [0.29, 0.717) is 17.7 Å². The zero-order valence-corrected chi connectivity index (χ0v) is 12.8. The molecule has 0 radical (unpaired) electrons. The normalized spacial score (nSPS) is 11.3. The average molecular weight is 307 g/mol. The van der Waals surface area contributed by atoms with Crippen molar-refractivity contribution in [2.45, 2.75) is 6.92 Å². The van der Waals surface area contributed by atoms with E-state index >= 15 is 0 Å². The molecular weight excluding hydrogens is 294 g/mol. The largest absolute Gasteiger partial charge is 0.488 e. The van der Waals surface area contributed by atoms with Crippen LogP contribution in [0.3, 0.4) is 0 Å². The van der Waals surface area contributed by atoms with Gasteiger partial charge in [0, 0.05) is 10.8 Å². The number of hydrogen-bond acceptors (Lipinski definition) is 4. The van der Waals surface area contributed by atoms with E-state index < -0.39 is 0 Å². The lowest BCUT2D eigenvalue weighted by Crippen LogP contribution is -2.11. The number of benzene rings is 3. The third-order valence-electron chi connectivity index (χ3n) is 3.65. The molecule has 0 fully saturated rings. The topological polar surface area (TPSA) is 39.2 Å². The van der Waals surface area contributed by atoms with Crippen molar-refractivity contribution in [3.63, 3.8) is 0 Å². The summed E-state index contributed by atoms with van der Waals surface area (Å²) in [6, 6.07) is 15.5. The molecule has 4 heteroatoms. The molecule has 0 saturated carbocycles. The number of hydrogen-bond donors (Lipinski definition) is 0. The molecule has 2 aromatic carbocycles. The maximum atomic E-state index is 12.7. The van der Waals surface area contributed by atoms with Gasteiger partial charge in [-0.25, -0.2) is 4.98 Å². The molecule has 0 bridgehead atoms. The Morgan fingerprint density at radius 2 is 1.77 bits per heavy atom. The van der Waals surface area contributed by atoms with Crippen LogP contribution < -0.4 is 10.2 Å². The minimum absolute atomic E-state index is 0.0571. The summed E-state index contributed by atoms with van der Waals surface area (Å²) in [6.45, 7) is 2.35. The van der Waals surface area contributed by atoms with Crippen LogP contribution in [0, 0.1) is 0 Å². The van der Waals surface area contributed by atoms with E-state index in [9.17, 15) is 4.79 Å². The number of nitrogens with zero attached hydrogens (tertiary/aromatic N) is 1. The summed E-state index contributed by atoms with van der Waals surface area (Å²) in [5.41, 5.74) is 1.71. The Morgan fingerprint density at radius 3 is 2.59 bits per heavy atom. The highest BCUT2D eigenvalue weighted by Crippen LogP contribution is 2.39. The highest BCUT2D eigenvalue weighted by atomic mass is 32.1. The molecule has 0 saturated heterocycles. The molecule has 0 spiro atoms. The Balaban J connectivity index is 2.26. The first kappa shape index (κ1) is 13.2. The van der Waals surface area contributed by atoms with E-state index in [2.05, 4.69) is 0 Å². The van der Waals surface area contributed by atoms with E-state index in [4.69, 9.17) is 9.72 Å². The summed E-state index contributed by atoms with van der Waals surface area (Å²) in [7, 11) is 0. The van der Waals surface area contributed by atoms with Crippen LogP contribution in [0.2, 0.25) is 0 Å². The Labute approximate surface area is 131 Å². The van der Waals surface area contributed by atoms with Gasteiger partial charge in [-0.15, -0.1) is 11.3 Å². The van der Waals surface area contributed by atoms with Gasteiger partial charge in [-0.1, -0.05) is 36.4 Å². The number of ether oxygens (including phenoxy) is 1. The van der Waals surface area contributed by atoms with Crippen LogP contribution in [0.5, 0.6) is 5.75 Å². The van der Waals surface area contributed by atoms with Crippen molar-refractivity contribution in [1.29, 1.82) is 0 Å². The second-order valence-corrected chi connectivity index (χ2v) is 6.05. The van der Waals surface area contributed by atoms with Crippen LogP contribution in [-0.2, 0) is 0 Å². The first-order chi connectivity index (χ1) is 10.8. The van der Waals surface area contributed by atoms with Crippen molar-refractivity contribution in [3.8, 4) is 16.3 Å². The van der Waals surface area contributed by atoms with Crippen LogP contribution in [0.25, 0.3) is 31.6 Å². The molecule has 108 valence electrons. The number of fused-ring (bicyclic) bond motifs is 4. The number of aromatic nitrogens is 1. The second kappa shape index (κ2) is 5.07. The molecule has 0 atom stereocenters. The van der Waals surface area contributed by atoms with Gasteiger partial charge in [0.15, 0.2) is 5.75 Å². The highest BCUT2D eigenvalue weighted by Gasteiger charge is 2.21. The molecule has 0 aromatic heterocycles. The minimum Gasteiger partial charge on any atom is -0.488 e. The van der Waals surface area contributed by atoms with Crippen LogP contribution in [0.4, 0.5) is 0 Å². The van der Waals surface area contributed by atoms with Gasteiger partial charge in [0.05, 0.1) is 22.5 Å². The minimum atomic E-state index is -0.0571.